The fourth-order valence-corrected chi connectivity index (χ4v) is 3.26. The fourth-order valence-electron chi connectivity index (χ4n) is 3.26. The molecule has 0 aliphatic carbocycles. The van der Waals surface area contributed by atoms with Gasteiger partial charge < -0.3 is 10.2 Å². The zero-order chi connectivity index (χ0) is 17.5. The smallest absolute Gasteiger partial charge is 0.274 e. The van der Waals surface area contributed by atoms with Gasteiger partial charge in [0.25, 0.3) is 5.91 Å². The van der Waals surface area contributed by atoms with Crippen LogP contribution < -0.4 is 5.32 Å². The molecular weight excluding hydrogens is 314 g/mol. The Morgan fingerprint density at radius 1 is 1.36 bits per heavy atom. The van der Waals surface area contributed by atoms with Crippen molar-refractivity contribution in [1.29, 1.82) is 0 Å². The van der Waals surface area contributed by atoms with Crippen LogP contribution in [-0.4, -0.2) is 51.8 Å². The summed E-state index contributed by atoms with van der Waals surface area (Å²) < 4.78 is 1.95. The molecule has 1 fully saturated rings. The molecule has 1 saturated heterocycles. The van der Waals surface area contributed by atoms with Crippen molar-refractivity contribution in [2.75, 3.05) is 26.2 Å². The summed E-state index contributed by atoms with van der Waals surface area (Å²) >= 11 is 0. The topological polar surface area (TPSA) is 63.1 Å². The molecule has 1 atom stereocenters. The van der Waals surface area contributed by atoms with Crippen molar-refractivity contribution in [2.24, 2.45) is 0 Å². The van der Waals surface area contributed by atoms with E-state index >= 15 is 0 Å². The third-order valence-electron chi connectivity index (χ3n) is 4.62. The molecule has 1 amide bonds. The molecule has 1 aliphatic rings. The number of hydrogen-bond donors (Lipinski definition) is 1. The second-order valence-corrected chi connectivity index (χ2v) is 6.54. The number of hydrogen-bond acceptors (Lipinski definition) is 4. The van der Waals surface area contributed by atoms with Crippen LogP contribution in [0.2, 0.25) is 0 Å². The third-order valence-corrected chi connectivity index (χ3v) is 4.62. The van der Waals surface area contributed by atoms with Crippen LogP contribution in [0.3, 0.4) is 0 Å². The molecule has 1 N–H and O–H groups in total. The van der Waals surface area contributed by atoms with Crippen molar-refractivity contribution in [1.82, 2.24) is 25.0 Å². The van der Waals surface area contributed by atoms with E-state index in [0.717, 1.165) is 51.0 Å². The first-order valence-electron chi connectivity index (χ1n) is 9.23. The van der Waals surface area contributed by atoms with E-state index in [0.29, 0.717) is 18.3 Å². The highest BCUT2D eigenvalue weighted by Gasteiger charge is 2.21. The number of carbonyl (C=O) groups excluding carboxylic acids is 1. The predicted octanol–water partition coefficient (Wildman–Crippen LogP) is 2.30. The van der Waals surface area contributed by atoms with Crippen LogP contribution in [0.25, 0.3) is 0 Å². The zero-order valence-corrected chi connectivity index (χ0v) is 14.9. The first-order chi connectivity index (χ1) is 12.3. The number of nitrogens with zero attached hydrogens (tertiary/aromatic N) is 4. The van der Waals surface area contributed by atoms with Gasteiger partial charge in [0.2, 0.25) is 0 Å². The maximum Gasteiger partial charge on any atom is 0.274 e. The Kier molecular flexibility index (Phi) is 6.17. The molecule has 0 aromatic carbocycles. The molecule has 25 heavy (non-hydrogen) atoms. The molecule has 3 rings (SSSR count). The normalized spacial score (nSPS) is 17.4. The van der Waals surface area contributed by atoms with Crippen LogP contribution in [0.1, 0.15) is 48.4 Å². The highest BCUT2D eigenvalue weighted by molar-refractivity contribution is 5.92. The first kappa shape index (κ1) is 17.6. The minimum atomic E-state index is 0.0142. The maximum atomic E-state index is 12.9. The van der Waals surface area contributed by atoms with E-state index in [1.165, 1.54) is 0 Å². The summed E-state index contributed by atoms with van der Waals surface area (Å²) in [5.74, 6) is 0.0142. The Morgan fingerprint density at radius 3 is 3.00 bits per heavy atom. The van der Waals surface area contributed by atoms with Crippen LogP contribution in [0.15, 0.2) is 36.7 Å². The van der Waals surface area contributed by atoms with Crippen molar-refractivity contribution in [3.63, 3.8) is 0 Å². The van der Waals surface area contributed by atoms with Gasteiger partial charge >= 0.3 is 0 Å². The molecular formula is C19H27N5O. The monoisotopic (exact) mass is 341 g/mol. The third kappa shape index (κ3) is 4.66. The summed E-state index contributed by atoms with van der Waals surface area (Å²) in [5, 5.41) is 7.95. The Hall–Kier alpha value is -2.21. The summed E-state index contributed by atoms with van der Waals surface area (Å²) in [4.78, 5) is 19.1. The number of nitrogens with one attached hydrogen (secondary N) is 1. The van der Waals surface area contributed by atoms with Crippen molar-refractivity contribution in [3.05, 3.63) is 48.0 Å². The van der Waals surface area contributed by atoms with Gasteiger partial charge in [-0.2, -0.15) is 5.10 Å². The standard InChI is InChI=1S/C19H27N5O/c1-2-12-23(13-8-16-6-3-4-11-21-16)19(25)18-9-14-24(22-18)17-7-5-10-20-15-17/h3-4,6,9,11,14,17,20H,2,5,7-8,10,12-13,15H2,1H3. The Bertz CT molecular complexity index is 663. The Morgan fingerprint density at radius 2 is 2.28 bits per heavy atom. The summed E-state index contributed by atoms with van der Waals surface area (Å²) in [7, 11) is 0. The van der Waals surface area contributed by atoms with E-state index < -0.39 is 0 Å². The number of carbonyl (C=O) groups is 1. The molecule has 0 radical (unpaired) electrons. The van der Waals surface area contributed by atoms with Gasteiger partial charge in [0.1, 0.15) is 5.69 Å². The summed E-state index contributed by atoms with van der Waals surface area (Å²) in [5.41, 5.74) is 1.55. The highest BCUT2D eigenvalue weighted by atomic mass is 16.2. The Labute approximate surface area is 149 Å². The van der Waals surface area contributed by atoms with E-state index in [2.05, 4.69) is 22.3 Å². The van der Waals surface area contributed by atoms with Crippen LogP contribution in [0.5, 0.6) is 0 Å². The summed E-state index contributed by atoms with van der Waals surface area (Å²) in [6, 6.07) is 8.09. The molecule has 3 heterocycles. The van der Waals surface area contributed by atoms with E-state index in [-0.39, 0.29) is 5.91 Å². The van der Waals surface area contributed by atoms with Crippen LogP contribution in [-0.2, 0) is 6.42 Å². The number of amides is 1. The lowest BCUT2D eigenvalue weighted by Gasteiger charge is -2.23. The average molecular weight is 341 g/mol. The second kappa shape index (κ2) is 8.76. The molecule has 2 aromatic heterocycles. The Balaban J connectivity index is 1.64. The fraction of sp³-hybridized carbons (Fsp3) is 0.526. The van der Waals surface area contributed by atoms with Crippen molar-refractivity contribution < 1.29 is 4.79 Å². The van der Waals surface area contributed by atoms with Gasteiger partial charge in [-0.1, -0.05) is 13.0 Å². The van der Waals surface area contributed by atoms with Gasteiger partial charge in [0, 0.05) is 44.1 Å². The van der Waals surface area contributed by atoms with Crippen LogP contribution in [0, 0.1) is 0 Å². The van der Waals surface area contributed by atoms with E-state index in [4.69, 9.17) is 0 Å². The number of aromatic nitrogens is 3. The lowest BCUT2D eigenvalue weighted by molar-refractivity contribution is 0.0749. The van der Waals surface area contributed by atoms with Gasteiger partial charge in [0.05, 0.1) is 6.04 Å². The van der Waals surface area contributed by atoms with Gasteiger partial charge in [-0.05, 0) is 44.0 Å². The quantitative estimate of drug-likeness (QED) is 0.839. The molecule has 6 heteroatoms. The van der Waals surface area contributed by atoms with E-state index in [1.54, 1.807) is 6.20 Å². The van der Waals surface area contributed by atoms with Crippen LogP contribution in [0.4, 0.5) is 0 Å². The SMILES string of the molecule is CCCN(CCc1ccccn1)C(=O)c1ccn(C2CCCNC2)n1. The van der Waals surface area contributed by atoms with Crippen molar-refractivity contribution in [2.45, 2.75) is 38.6 Å². The predicted molar refractivity (Wildman–Crippen MR) is 97.5 cm³/mol. The molecule has 6 nitrogen and oxygen atoms in total. The van der Waals surface area contributed by atoms with Crippen molar-refractivity contribution >= 4 is 5.91 Å². The van der Waals surface area contributed by atoms with Crippen LogP contribution >= 0.6 is 0 Å². The van der Waals surface area contributed by atoms with Gasteiger partial charge in [-0.3, -0.25) is 14.5 Å². The number of pyridine rings is 1. The van der Waals surface area contributed by atoms with Gasteiger partial charge in [-0.15, -0.1) is 0 Å². The highest BCUT2D eigenvalue weighted by Crippen LogP contribution is 2.16. The largest absolute Gasteiger partial charge is 0.337 e. The maximum absolute atomic E-state index is 12.9. The lowest BCUT2D eigenvalue weighted by atomic mass is 10.1. The number of rotatable bonds is 7. The summed E-state index contributed by atoms with van der Waals surface area (Å²) in [6.45, 7) is 5.49. The summed E-state index contributed by atoms with van der Waals surface area (Å²) in [6.07, 6.45) is 7.69. The second-order valence-electron chi connectivity index (χ2n) is 6.54. The molecule has 0 spiro atoms. The lowest BCUT2D eigenvalue weighted by Crippen LogP contribution is -2.35. The molecule has 134 valence electrons. The van der Waals surface area contributed by atoms with Gasteiger partial charge in [-0.25, -0.2) is 0 Å². The van der Waals surface area contributed by atoms with E-state index in [1.807, 2.05) is 40.0 Å². The average Bonchev–Trinajstić information content (AvgIpc) is 3.16. The number of piperidine rings is 1. The molecule has 1 unspecified atom stereocenters. The first-order valence-corrected chi connectivity index (χ1v) is 9.23. The molecule has 0 saturated carbocycles. The molecule has 1 aliphatic heterocycles. The van der Waals surface area contributed by atoms with E-state index in [9.17, 15) is 4.79 Å². The molecule has 0 bridgehead atoms. The minimum absolute atomic E-state index is 0.0142. The zero-order valence-electron chi connectivity index (χ0n) is 14.9. The molecule has 2 aromatic rings. The van der Waals surface area contributed by atoms with Gasteiger partial charge in [0.15, 0.2) is 0 Å². The van der Waals surface area contributed by atoms with Crippen molar-refractivity contribution in [3.8, 4) is 0 Å². The minimum Gasteiger partial charge on any atom is -0.337 e.